The maximum atomic E-state index is 12.5. The predicted octanol–water partition coefficient (Wildman–Crippen LogP) is 3.58. The van der Waals surface area contributed by atoms with Crippen molar-refractivity contribution in [2.75, 3.05) is 12.9 Å². The minimum atomic E-state index is -3.62. The molecular weight excluding hydrogens is 516 g/mol. The van der Waals surface area contributed by atoms with E-state index in [9.17, 15) is 18.0 Å². The number of hydrogen-bond acceptors (Lipinski definition) is 9. The van der Waals surface area contributed by atoms with Crippen molar-refractivity contribution < 1.29 is 27.5 Å². The Hall–Kier alpha value is -3.48. The quantitative estimate of drug-likeness (QED) is 0.350. The normalized spacial score (nSPS) is 16.7. The molecule has 0 bridgehead atoms. The molecule has 0 atom stereocenters. The number of sulfone groups is 1. The highest BCUT2D eigenvalue weighted by molar-refractivity contribution is 8.42. The van der Waals surface area contributed by atoms with Crippen LogP contribution in [0.25, 0.3) is 6.08 Å². The molecule has 4 rings (SSSR count). The smallest absolute Gasteiger partial charge is 0.343 e. The Morgan fingerprint density at radius 3 is 2.71 bits per heavy atom. The first-order valence-electron chi connectivity index (χ1n) is 10.0. The van der Waals surface area contributed by atoms with Crippen molar-refractivity contribution in [3.63, 3.8) is 0 Å². The van der Waals surface area contributed by atoms with Crippen molar-refractivity contribution >= 4 is 66.5 Å². The number of nitrogens with one attached hydrogen (secondary N) is 1. The number of methoxy groups -OCH3 is 1. The number of hydrazone groups is 1. The van der Waals surface area contributed by atoms with Crippen LogP contribution >= 0.6 is 23.4 Å². The topological polar surface area (TPSA) is 139 Å². The number of rotatable bonds is 5. The molecule has 0 fully saturated rings. The van der Waals surface area contributed by atoms with Crippen LogP contribution in [0.3, 0.4) is 0 Å². The first-order chi connectivity index (χ1) is 16.6. The van der Waals surface area contributed by atoms with Gasteiger partial charge in [0, 0.05) is 0 Å². The van der Waals surface area contributed by atoms with Crippen molar-refractivity contribution in [2.45, 2.75) is 6.92 Å². The van der Waals surface area contributed by atoms with Crippen LogP contribution in [0.15, 0.2) is 58.1 Å². The van der Waals surface area contributed by atoms with Crippen LogP contribution in [-0.2, 0) is 14.6 Å². The summed E-state index contributed by atoms with van der Waals surface area (Å²) in [4.78, 5) is 28.8. The highest BCUT2D eigenvalue weighted by atomic mass is 35.5. The Morgan fingerprint density at radius 2 is 2.03 bits per heavy atom. The zero-order valence-corrected chi connectivity index (χ0v) is 20.7. The lowest BCUT2D eigenvalue weighted by Gasteiger charge is -2.20. The maximum Gasteiger partial charge on any atom is 0.343 e. The lowest BCUT2D eigenvalue weighted by Crippen LogP contribution is -2.35. The number of carbonyl (C=O) groups excluding carboxylic acids is 2. The third-order valence-electron chi connectivity index (χ3n) is 4.86. The molecule has 35 heavy (non-hydrogen) atoms. The zero-order valence-electron chi connectivity index (χ0n) is 18.3. The van der Waals surface area contributed by atoms with Gasteiger partial charge in [-0.15, -0.1) is 5.10 Å². The summed E-state index contributed by atoms with van der Waals surface area (Å²) in [6.07, 6.45) is 1.37. The van der Waals surface area contributed by atoms with Gasteiger partial charge in [-0.2, -0.15) is 10.0 Å². The molecule has 2 aromatic rings. The zero-order chi connectivity index (χ0) is 25.3. The Bertz CT molecular complexity index is 1470. The van der Waals surface area contributed by atoms with Crippen LogP contribution < -0.4 is 9.47 Å². The fraction of sp³-hybridized carbons (Fsp3) is 0.136. The molecule has 180 valence electrons. The molecule has 1 N–H and O–H groups in total. The lowest BCUT2D eigenvalue weighted by molar-refractivity contribution is -0.114. The summed E-state index contributed by atoms with van der Waals surface area (Å²) in [5, 5.41) is 13.4. The van der Waals surface area contributed by atoms with Crippen LogP contribution in [0.4, 0.5) is 0 Å². The molecule has 0 spiro atoms. The molecule has 0 unspecified atom stereocenters. The number of esters is 1. The van der Waals surface area contributed by atoms with E-state index in [1.165, 1.54) is 38.3 Å². The van der Waals surface area contributed by atoms with Crippen LogP contribution in [0.5, 0.6) is 11.5 Å². The molecule has 13 heteroatoms. The summed E-state index contributed by atoms with van der Waals surface area (Å²) >= 11 is 7.01. The van der Waals surface area contributed by atoms with Gasteiger partial charge >= 0.3 is 5.97 Å². The third kappa shape index (κ3) is 4.99. The fourth-order valence-corrected chi connectivity index (χ4v) is 5.38. The van der Waals surface area contributed by atoms with E-state index in [4.69, 9.17) is 26.5 Å². The van der Waals surface area contributed by atoms with E-state index in [1.807, 2.05) is 0 Å². The second-order valence-corrected chi connectivity index (χ2v) is 10.9. The molecule has 2 aliphatic rings. The van der Waals surface area contributed by atoms with Gasteiger partial charge in [0.1, 0.15) is 11.5 Å². The number of thioether (sulfide) groups is 1. The Kier molecular flexibility index (Phi) is 6.79. The molecule has 2 aromatic carbocycles. The Morgan fingerprint density at radius 1 is 1.26 bits per heavy atom. The van der Waals surface area contributed by atoms with Gasteiger partial charge in [0.05, 0.1) is 29.0 Å². The van der Waals surface area contributed by atoms with Crippen molar-refractivity contribution in [3.05, 3.63) is 64.2 Å². The number of benzene rings is 2. The summed E-state index contributed by atoms with van der Waals surface area (Å²) < 4.78 is 34.5. The monoisotopic (exact) mass is 532 g/mol. The van der Waals surface area contributed by atoms with Crippen molar-refractivity contribution in [1.29, 1.82) is 5.41 Å². The molecule has 0 radical (unpaired) electrons. The Labute approximate surface area is 209 Å². The summed E-state index contributed by atoms with van der Waals surface area (Å²) in [7, 11) is -2.14. The van der Waals surface area contributed by atoms with Crippen LogP contribution in [-0.4, -0.2) is 53.5 Å². The van der Waals surface area contributed by atoms with Crippen LogP contribution in [0, 0.1) is 5.41 Å². The van der Waals surface area contributed by atoms with Gasteiger partial charge in [-0.3, -0.25) is 10.2 Å². The molecule has 2 heterocycles. The third-order valence-corrected chi connectivity index (χ3v) is 8.24. The van der Waals surface area contributed by atoms with E-state index in [0.29, 0.717) is 11.3 Å². The molecule has 0 saturated carbocycles. The van der Waals surface area contributed by atoms with Gasteiger partial charge in [-0.05, 0) is 53.7 Å². The van der Waals surface area contributed by atoms with Crippen molar-refractivity contribution in [2.24, 2.45) is 10.1 Å². The number of ether oxygens (including phenoxy) is 2. The largest absolute Gasteiger partial charge is 0.497 e. The summed E-state index contributed by atoms with van der Waals surface area (Å²) in [6, 6.07) is 10.9. The number of hydrogen-bond donors (Lipinski definition) is 1. The molecule has 0 aliphatic carbocycles. The molecule has 2 aliphatic heterocycles. The average Bonchev–Trinajstić information content (AvgIpc) is 3.28. The van der Waals surface area contributed by atoms with Gasteiger partial charge in [0.25, 0.3) is 5.91 Å². The molecule has 1 amide bonds. The van der Waals surface area contributed by atoms with Gasteiger partial charge in [0.15, 0.2) is 5.84 Å². The second kappa shape index (κ2) is 9.64. The van der Waals surface area contributed by atoms with Crippen LogP contribution in [0.2, 0.25) is 5.02 Å². The minimum absolute atomic E-state index is 0.00186. The molecular formula is C22H17ClN4O6S2. The second-order valence-electron chi connectivity index (χ2n) is 7.10. The number of fused-ring (bicyclic) bond motifs is 1. The number of carbonyl (C=O) groups is 2. The summed E-state index contributed by atoms with van der Waals surface area (Å²) in [5.74, 6) is -1.25. The van der Waals surface area contributed by atoms with E-state index in [-0.39, 0.29) is 43.0 Å². The first kappa shape index (κ1) is 24.6. The molecule has 10 nitrogen and oxygen atoms in total. The number of halogens is 1. The van der Waals surface area contributed by atoms with Crippen LogP contribution in [0.1, 0.15) is 22.8 Å². The average molecular weight is 533 g/mol. The van der Waals surface area contributed by atoms with Gasteiger partial charge in [-0.1, -0.05) is 30.7 Å². The highest BCUT2D eigenvalue weighted by Crippen LogP contribution is 2.32. The van der Waals surface area contributed by atoms with Crippen molar-refractivity contribution in [3.8, 4) is 11.5 Å². The van der Waals surface area contributed by atoms with Crippen molar-refractivity contribution in [1.82, 2.24) is 5.01 Å². The number of aliphatic imine (C=N–C) groups is 1. The summed E-state index contributed by atoms with van der Waals surface area (Å²) in [5.41, 5.74) is 0.598. The Balaban J connectivity index is 1.56. The molecule has 0 aromatic heterocycles. The van der Waals surface area contributed by atoms with E-state index >= 15 is 0 Å². The predicted molar refractivity (Wildman–Crippen MR) is 134 cm³/mol. The van der Waals surface area contributed by atoms with Gasteiger partial charge in [-0.25, -0.2) is 13.2 Å². The fourth-order valence-electron chi connectivity index (χ4n) is 2.99. The first-order valence-corrected chi connectivity index (χ1v) is 12.9. The van der Waals surface area contributed by atoms with Gasteiger partial charge in [0.2, 0.25) is 19.4 Å². The SMILES string of the molecule is CCS(=O)(=O)C1=NN2C(=N)/C(=C\c3ccc(OC(=O)c4cccc(OC)c4)c(Cl)c3)C(=O)N=C2S1. The highest BCUT2D eigenvalue weighted by Gasteiger charge is 2.39. The number of nitrogens with zero attached hydrogens (tertiary/aromatic N) is 3. The van der Waals surface area contributed by atoms with E-state index < -0.39 is 21.7 Å². The standard InChI is InChI=1S/C22H17ClN4O6S2/c1-3-35(30,31)22-26-27-18(24)15(19(28)25-21(27)34-22)9-12-7-8-17(16(23)10-12)33-20(29)13-5-4-6-14(11-13)32-2/h4-11,24H,3H2,1-2H3/b15-9+,24-18?. The maximum absolute atomic E-state index is 12.5. The van der Waals surface area contributed by atoms with E-state index in [0.717, 1.165) is 16.8 Å². The summed E-state index contributed by atoms with van der Waals surface area (Å²) in [6.45, 7) is 1.47. The lowest BCUT2D eigenvalue weighted by atomic mass is 10.1. The number of amides is 1. The van der Waals surface area contributed by atoms with E-state index in [2.05, 4.69) is 10.1 Å². The van der Waals surface area contributed by atoms with Gasteiger partial charge < -0.3 is 9.47 Å². The number of amidine groups is 2. The molecule has 0 saturated heterocycles. The van der Waals surface area contributed by atoms with E-state index in [1.54, 1.807) is 24.3 Å². The minimum Gasteiger partial charge on any atom is -0.497 e.